The molecule has 1 aromatic heterocycles. The molecule has 0 atom stereocenters. The summed E-state index contributed by atoms with van der Waals surface area (Å²) < 4.78 is 7.33. The van der Waals surface area contributed by atoms with Crippen LogP contribution in [0.4, 0.5) is 5.69 Å². The molecule has 1 aliphatic rings. The van der Waals surface area contributed by atoms with Gasteiger partial charge in [-0.1, -0.05) is 53.5 Å². The van der Waals surface area contributed by atoms with E-state index >= 15 is 0 Å². The molecular weight excluding hydrogens is 421 g/mol. The number of benzene rings is 2. The van der Waals surface area contributed by atoms with Gasteiger partial charge in [0.25, 0.3) is 5.91 Å². The number of carbonyl (C=O) groups is 1. The fraction of sp³-hybridized carbons (Fsp3) is 0.304. The van der Waals surface area contributed by atoms with Crippen molar-refractivity contribution in [1.29, 1.82) is 0 Å². The summed E-state index contributed by atoms with van der Waals surface area (Å²) in [4.78, 5) is 12.9. The Labute approximate surface area is 185 Å². The molecule has 0 spiro atoms. The van der Waals surface area contributed by atoms with Gasteiger partial charge in [-0.15, -0.1) is 0 Å². The van der Waals surface area contributed by atoms with Gasteiger partial charge in [-0.2, -0.15) is 5.10 Å². The van der Waals surface area contributed by atoms with Crippen molar-refractivity contribution in [3.63, 3.8) is 0 Å². The second-order valence-corrected chi connectivity index (χ2v) is 8.38. The van der Waals surface area contributed by atoms with Crippen molar-refractivity contribution in [3.8, 4) is 0 Å². The van der Waals surface area contributed by atoms with Crippen LogP contribution in [-0.2, 0) is 17.9 Å². The highest BCUT2D eigenvalue weighted by Gasteiger charge is 2.22. The maximum atomic E-state index is 12.9. The average molecular weight is 444 g/mol. The molecule has 1 aliphatic carbocycles. The maximum absolute atomic E-state index is 12.9. The summed E-state index contributed by atoms with van der Waals surface area (Å²) in [5.74, 6) is 0.430. The van der Waals surface area contributed by atoms with Gasteiger partial charge in [-0.3, -0.25) is 4.79 Å². The number of ether oxygens (including phenoxy) is 1. The highest BCUT2D eigenvalue weighted by molar-refractivity contribution is 6.34. The van der Waals surface area contributed by atoms with Crippen LogP contribution in [-0.4, -0.2) is 22.3 Å². The fourth-order valence-electron chi connectivity index (χ4n) is 3.26. The van der Waals surface area contributed by atoms with Gasteiger partial charge in [0.1, 0.15) is 5.15 Å². The summed E-state index contributed by atoms with van der Waals surface area (Å²) in [6.07, 6.45) is 2.53. The minimum absolute atomic E-state index is 0.286. The van der Waals surface area contributed by atoms with Crippen LogP contribution in [0.1, 0.15) is 40.0 Å². The lowest BCUT2D eigenvalue weighted by atomic mass is 10.2. The van der Waals surface area contributed by atoms with E-state index in [0.29, 0.717) is 35.1 Å². The van der Waals surface area contributed by atoms with E-state index in [1.54, 1.807) is 11.6 Å². The number of carbonyl (C=O) groups excluding carboxylic acids is 1. The molecule has 1 N–H and O–H groups in total. The quantitative estimate of drug-likeness (QED) is 0.483. The van der Waals surface area contributed by atoms with Crippen molar-refractivity contribution >= 4 is 34.8 Å². The normalized spacial score (nSPS) is 13.4. The number of rotatable bonds is 8. The molecule has 156 valence electrons. The predicted octanol–water partition coefficient (Wildman–Crippen LogP) is 5.73. The van der Waals surface area contributed by atoms with E-state index in [2.05, 4.69) is 10.4 Å². The van der Waals surface area contributed by atoms with Crippen LogP contribution in [0.3, 0.4) is 0 Å². The molecule has 1 saturated carbocycles. The maximum Gasteiger partial charge on any atom is 0.260 e. The SMILES string of the molecule is Cc1nn(Cc2ccccc2Cl)c(Cl)c1C(=O)Nc1cccc(COCC2CC2)c1. The van der Waals surface area contributed by atoms with Crippen molar-refractivity contribution < 1.29 is 9.53 Å². The summed E-state index contributed by atoms with van der Waals surface area (Å²) >= 11 is 12.7. The second-order valence-electron chi connectivity index (χ2n) is 7.61. The van der Waals surface area contributed by atoms with Crippen molar-refractivity contribution in [2.24, 2.45) is 5.92 Å². The van der Waals surface area contributed by atoms with E-state index in [1.807, 2.05) is 48.5 Å². The first-order chi connectivity index (χ1) is 14.5. The minimum Gasteiger partial charge on any atom is -0.376 e. The highest BCUT2D eigenvalue weighted by Crippen LogP contribution is 2.29. The van der Waals surface area contributed by atoms with Crippen molar-refractivity contribution in [2.75, 3.05) is 11.9 Å². The molecule has 1 heterocycles. The number of nitrogens with one attached hydrogen (secondary N) is 1. The predicted molar refractivity (Wildman–Crippen MR) is 119 cm³/mol. The number of halogens is 2. The summed E-state index contributed by atoms with van der Waals surface area (Å²) in [6, 6.07) is 15.2. The third-order valence-electron chi connectivity index (χ3n) is 5.07. The number of amides is 1. The zero-order valence-corrected chi connectivity index (χ0v) is 18.2. The van der Waals surface area contributed by atoms with Crippen LogP contribution >= 0.6 is 23.2 Å². The Kier molecular flexibility index (Phi) is 6.42. The first kappa shape index (κ1) is 20.9. The summed E-state index contributed by atoms with van der Waals surface area (Å²) in [7, 11) is 0. The number of hydrogen-bond donors (Lipinski definition) is 1. The molecule has 3 aromatic rings. The molecule has 2 aromatic carbocycles. The van der Waals surface area contributed by atoms with Gasteiger partial charge >= 0.3 is 0 Å². The molecule has 0 radical (unpaired) electrons. The highest BCUT2D eigenvalue weighted by atomic mass is 35.5. The zero-order valence-electron chi connectivity index (χ0n) is 16.7. The lowest BCUT2D eigenvalue weighted by molar-refractivity contribution is 0.102. The van der Waals surface area contributed by atoms with Crippen molar-refractivity contribution in [2.45, 2.75) is 32.9 Å². The number of anilines is 1. The van der Waals surface area contributed by atoms with Gasteiger partial charge in [-0.25, -0.2) is 4.68 Å². The molecule has 0 aliphatic heterocycles. The lowest BCUT2D eigenvalue weighted by Crippen LogP contribution is -2.13. The Morgan fingerprint density at radius 3 is 2.77 bits per heavy atom. The third-order valence-corrected chi connectivity index (χ3v) is 5.83. The van der Waals surface area contributed by atoms with Gasteiger partial charge in [0, 0.05) is 17.3 Å². The standard InChI is InChI=1S/C23H23Cl2N3O2/c1-15-21(22(25)28(27-15)12-18-6-2-3-8-20(18)24)23(29)26-19-7-4-5-17(11-19)14-30-13-16-9-10-16/h2-8,11,16H,9-10,12-14H2,1H3,(H,26,29). The third kappa shape index (κ3) is 5.04. The Bertz CT molecular complexity index is 1060. The number of nitrogens with zero attached hydrogens (tertiary/aromatic N) is 2. The zero-order chi connectivity index (χ0) is 21.1. The summed E-state index contributed by atoms with van der Waals surface area (Å²) in [5.41, 5.74) is 3.52. The molecule has 0 saturated heterocycles. The summed E-state index contributed by atoms with van der Waals surface area (Å²) in [5, 5.41) is 8.28. The Hall–Kier alpha value is -2.34. The number of aryl methyl sites for hydroxylation is 1. The topological polar surface area (TPSA) is 56.2 Å². The fourth-order valence-corrected chi connectivity index (χ4v) is 3.78. The molecule has 4 rings (SSSR count). The van der Waals surface area contributed by atoms with Crippen molar-refractivity contribution in [1.82, 2.24) is 9.78 Å². The minimum atomic E-state index is -0.293. The largest absolute Gasteiger partial charge is 0.376 e. The van der Waals surface area contributed by atoms with Gasteiger partial charge in [0.15, 0.2) is 0 Å². The van der Waals surface area contributed by atoms with E-state index in [1.165, 1.54) is 12.8 Å². The molecule has 1 fully saturated rings. The molecule has 30 heavy (non-hydrogen) atoms. The molecule has 1 amide bonds. The average Bonchev–Trinajstić information content (AvgIpc) is 3.49. The summed E-state index contributed by atoms with van der Waals surface area (Å²) in [6.45, 7) is 3.50. The molecule has 5 nitrogen and oxygen atoms in total. The molecular formula is C23H23Cl2N3O2. The van der Waals surface area contributed by atoms with Gasteiger partial charge in [-0.05, 0) is 55.0 Å². The van der Waals surface area contributed by atoms with E-state index in [-0.39, 0.29) is 11.1 Å². The Balaban J connectivity index is 1.45. The van der Waals surface area contributed by atoms with Gasteiger partial charge in [0.05, 0.1) is 24.4 Å². The lowest BCUT2D eigenvalue weighted by Gasteiger charge is -2.09. The smallest absolute Gasteiger partial charge is 0.260 e. The molecule has 0 bridgehead atoms. The Morgan fingerprint density at radius 1 is 1.20 bits per heavy atom. The Morgan fingerprint density at radius 2 is 2.00 bits per heavy atom. The van der Waals surface area contributed by atoms with E-state index in [0.717, 1.165) is 23.7 Å². The molecule has 7 heteroatoms. The van der Waals surface area contributed by atoms with Crippen LogP contribution in [0.25, 0.3) is 0 Å². The van der Waals surface area contributed by atoms with Crippen LogP contribution in [0.15, 0.2) is 48.5 Å². The molecule has 0 unspecified atom stereocenters. The first-order valence-electron chi connectivity index (χ1n) is 9.95. The monoisotopic (exact) mass is 443 g/mol. The van der Waals surface area contributed by atoms with Gasteiger partial charge < -0.3 is 10.1 Å². The number of aromatic nitrogens is 2. The van der Waals surface area contributed by atoms with Crippen LogP contribution in [0.5, 0.6) is 0 Å². The van der Waals surface area contributed by atoms with Crippen molar-refractivity contribution in [3.05, 3.63) is 81.1 Å². The van der Waals surface area contributed by atoms with E-state index in [9.17, 15) is 4.79 Å². The van der Waals surface area contributed by atoms with E-state index < -0.39 is 0 Å². The number of hydrogen-bond acceptors (Lipinski definition) is 3. The van der Waals surface area contributed by atoms with Gasteiger partial charge in [0.2, 0.25) is 0 Å². The van der Waals surface area contributed by atoms with Crippen LogP contribution < -0.4 is 5.32 Å². The van der Waals surface area contributed by atoms with Crippen LogP contribution in [0.2, 0.25) is 10.2 Å². The van der Waals surface area contributed by atoms with Crippen LogP contribution in [0, 0.1) is 12.8 Å². The first-order valence-corrected chi connectivity index (χ1v) is 10.7. The second kappa shape index (κ2) is 9.21. The van der Waals surface area contributed by atoms with E-state index in [4.69, 9.17) is 27.9 Å².